The molecule has 2 atom stereocenters. The highest BCUT2D eigenvalue weighted by Crippen LogP contribution is 2.28. The molecule has 0 aliphatic heterocycles. The molecule has 0 rings (SSSR count). The van der Waals surface area contributed by atoms with Crippen LogP contribution in [0, 0.1) is 0 Å². The minimum Gasteiger partial charge on any atom is -0.377 e. The van der Waals surface area contributed by atoms with Gasteiger partial charge in [0.15, 0.2) is 0 Å². The van der Waals surface area contributed by atoms with E-state index in [1.807, 2.05) is 27.7 Å². The van der Waals surface area contributed by atoms with E-state index >= 15 is 0 Å². The molecule has 0 aromatic rings. The molecule has 0 radical (unpaired) electrons. The minimum atomic E-state index is -2.88. The Morgan fingerprint density at radius 2 is 1.32 bits per heavy atom. The van der Waals surface area contributed by atoms with Crippen LogP contribution in [0.15, 0.2) is 0 Å². The molecule has 22 heavy (non-hydrogen) atoms. The highest BCUT2D eigenvalue weighted by Gasteiger charge is 2.53. The Hall–Kier alpha value is 0.194. The monoisotopic (exact) mass is 353 g/mol. The van der Waals surface area contributed by atoms with Gasteiger partial charge < -0.3 is 27.6 Å². The molecule has 2 unspecified atom stereocenters. The van der Waals surface area contributed by atoms with Gasteiger partial charge in [-0.25, -0.2) is 0 Å². The largest absolute Gasteiger partial charge is 0.493 e. The van der Waals surface area contributed by atoms with Crippen molar-refractivity contribution in [3.8, 4) is 0 Å². The molecule has 0 aliphatic carbocycles. The van der Waals surface area contributed by atoms with E-state index in [-0.39, 0.29) is 12.2 Å². The van der Waals surface area contributed by atoms with Crippen molar-refractivity contribution in [2.24, 2.45) is 5.73 Å². The number of hydrogen-bond acceptors (Lipinski definition) is 6. The lowest BCUT2D eigenvalue weighted by Gasteiger charge is -2.38. The van der Waals surface area contributed by atoms with Gasteiger partial charge in [0, 0.05) is 38.5 Å². The average Bonchev–Trinajstić information content (AvgIpc) is 2.43. The molecule has 8 heteroatoms. The highest BCUT2D eigenvalue weighted by atomic mass is 28.5. The third-order valence-corrected chi connectivity index (χ3v) is 10.5. The molecule has 134 valence electrons. The molecule has 0 aromatic carbocycles. The molecule has 0 saturated carbocycles. The highest BCUT2D eigenvalue weighted by molar-refractivity contribution is 6.75. The first-order valence-electron chi connectivity index (χ1n) is 8.14. The molecule has 0 heterocycles. The van der Waals surface area contributed by atoms with Gasteiger partial charge in [0.2, 0.25) is 0 Å². The van der Waals surface area contributed by atoms with E-state index in [9.17, 15) is 0 Å². The SMILES string of the molecule is CCC[Si](OC)(OC(C)C)O[Si](CCCN)(OC)OC(C)C. The Balaban J connectivity index is 5.38. The summed E-state index contributed by atoms with van der Waals surface area (Å²) in [6.07, 6.45) is 1.73. The molecular weight excluding hydrogens is 318 g/mol. The van der Waals surface area contributed by atoms with Crippen molar-refractivity contribution in [2.45, 2.75) is 71.8 Å². The summed E-state index contributed by atoms with van der Waals surface area (Å²) in [6.45, 7) is 10.6. The summed E-state index contributed by atoms with van der Waals surface area (Å²) in [4.78, 5) is 0. The number of hydrogen-bond donors (Lipinski definition) is 1. The summed E-state index contributed by atoms with van der Waals surface area (Å²) >= 11 is 0. The number of rotatable bonds is 13. The summed E-state index contributed by atoms with van der Waals surface area (Å²) in [5.74, 6) is 0. The maximum absolute atomic E-state index is 6.42. The Morgan fingerprint density at radius 3 is 1.64 bits per heavy atom. The molecule has 6 nitrogen and oxygen atoms in total. The van der Waals surface area contributed by atoms with Gasteiger partial charge in [-0.1, -0.05) is 13.3 Å². The first-order valence-corrected chi connectivity index (χ1v) is 12.0. The lowest BCUT2D eigenvalue weighted by Crippen LogP contribution is -2.59. The van der Waals surface area contributed by atoms with Crippen LogP contribution in [0.5, 0.6) is 0 Å². The Kier molecular flexibility index (Phi) is 11.0. The Labute approximate surface area is 138 Å². The average molecular weight is 354 g/mol. The Bertz CT molecular complexity index is 296. The molecule has 0 amide bonds. The maximum atomic E-state index is 6.42. The van der Waals surface area contributed by atoms with E-state index in [1.54, 1.807) is 14.2 Å². The predicted octanol–water partition coefficient (Wildman–Crippen LogP) is 2.78. The zero-order valence-corrected chi connectivity index (χ0v) is 17.3. The van der Waals surface area contributed by atoms with Crippen LogP contribution in [0.2, 0.25) is 12.1 Å². The van der Waals surface area contributed by atoms with Gasteiger partial charge in [0.1, 0.15) is 0 Å². The first-order chi connectivity index (χ1) is 10.3. The van der Waals surface area contributed by atoms with Crippen molar-refractivity contribution >= 4 is 17.6 Å². The van der Waals surface area contributed by atoms with Gasteiger partial charge in [0.25, 0.3) is 0 Å². The van der Waals surface area contributed by atoms with E-state index in [0.29, 0.717) is 12.6 Å². The molecule has 0 bridgehead atoms. The second-order valence-electron chi connectivity index (χ2n) is 5.85. The second kappa shape index (κ2) is 10.9. The lowest BCUT2D eigenvalue weighted by molar-refractivity contribution is 0.0339. The first kappa shape index (κ1) is 22.2. The molecule has 0 saturated heterocycles. The van der Waals surface area contributed by atoms with Gasteiger partial charge in [-0.05, 0) is 40.7 Å². The fraction of sp³-hybridized carbons (Fsp3) is 1.00. The summed E-state index contributed by atoms with van der Waals surface area (Å²) in [6, 6.07) is 1.41. The summed E-state index contributed by atoms with van der Waals surface area (Å²) in [5.41, 5.74) is 5.66. The van der Waals surface area contributed by atoms with Crippen molar-refractivity contribution in [1.82, 2.24) is 0 Å². The van der Waals surface area contributed by atoms with Crippen molar-refractivity contribution < 1.29 is 21.8 Å². The van der Waals surface area contributed by atoms with Crippen LogP contribution in [0.4, 0.5) is 0 Å². The number of nitrogens with two attached hydrogens (primary N) is 1. The van der Waals surface area contributed by atoms with Crippen LogP contribution < -0.4 is 5.73 Å². The Morgan fingerprint density at radius 1 is 0.864 bits per heavy atom. The maximum Gasteiger partial charge on any atom is 0.493 e. The van der Waals surface area contributed by atoms with Crippen LogP contribution in [0.3, 0.4) is 0 Å². The van der Waals surface area contributed by atoms with E-state index in [0.717, 1.165) is 18.9 Å². The van der Waals surface area contributed by atoms with Crippen molar-refractivity contribution in [3.05, 3.63) is 0 Å². The summed E-state index contributed by atoms with van der Waals surface area (Å²) < 4.78 is 30.1. The topological polar surface area (TPSA) is 72.2 Å². The van der Waals surface area contributed by atoms with Crippen LogP contribution in [0.1, 0.15) is 47.5 Å². The van der Waals surface area contributed by atoms with E-state index < -0.39 is 17.6 Å². The van der Waals surface area contributed by atoms with E-state index in [2.05, 4.69) is 6.92 Å². The standard InChI is InChI=1S/C14H35NO5Si2/c1-8-11-21(16-6,18-13(2)3)20-22(17-7,12-9-10-15)19-14(4)5/h13-14H,8-12,15H2,1-7H3. The molecule has 0 aliphatic rings. The van der Waals surface area contributed by atoms with Gasteiger partial charge in [-0.2, -0.15) is 0 Å². The zero-order valence-electron chi connectivity index (χ0n) is 15.3. The molecule has 0 aromatic heterocycles. The summed E-state index contributed by atoms with van der Waals surface area (Å²) in [7, 11) is -2.43. The third kappa shape index (κ3) is 7.65. The quantitative estimate of drug-likeness (QED) is 0.513. The lowest BCUT2D eigenvalue weighted by atomic mass is 10.5. The normalized spacial score (nSPS) is 17.7. The third-order valence-electron chi connectivity index (χ3n) is 3.01. The zero-order chi connectivity index (χ0) is 17.2. The fourth-order valence-corrected chi connectivity index (χ4v) is 9.52. The van der Waals surface area contributed by atoms with E-state index in [1.165, 1.54) is 0 Å². The minimum absolute atomic E-state index is 0.00799. The smallest absolute Gasteiger partial charge is 0.377 e. The molecule has 0 fully saturated rings. The van der Waals surface area contributed by atoms with Crippen molar-refractivity contribution in [3.63, 3.8) is 0 Å². The van der Waals surface area contributed by atoms with Crippen LogP contribution in [-0.2, 0) is 21.8 Å². The van der Waals surface area contributed by atoms with Gasteiger partial charge >= 0.3 is 17.6 Å². The van der Waals surface area contributed by atoms with Crippen LogP contribution in [-0.4, -0.2) is 50.6 Å². The van der Waals surface area contributed by atoms with E-state index in [4.69, 9.17) is 27.6 Å². The molecule has 0 spiro atoms. The van der Waals surface area contributed by atoms with Gasteiger partial charge in [-0.15, -0.1) is 0 Å². The molecular formula is C14H35NO5Si2. The van der Waals surface area contributed by atoms with Crippen LogP contribution >= 0.6 is 0 Å². The van der Waals surface area contributed by atoms with Gasteiger partial charge in [-0.3, -0.25) is 0 Å². The summed E-state index contributed by atoms with van der Waals surface area (Å²) in [5, 5.41) is 0. The second-order valence-corrected chi connectivity index (χ2v) is 11.7. The van der Waals surface area contributed by atoms with Crippen molar-refractivity contribution in [2.75, 3.05) is 20.8 Å². The van der Waals surface area contributed by atoms with Crippen molar-refractivity contribution in [1.29, 1.82) is 0 Å². The van der Waals surface area contributed by atoms with Crippen LogP contribution in [0.25, 0.3) is 0 Å². The van der Waals surface area contributed by atoms with Gasteiger partial charge in [0.05, 0.1) is 0 Å². The predicted molar refractivity (Wildman–Crippen MR) is 92.6 cm³/mol. The molecule has 2 N–H and O–H groups in total. The fourth-order valence-electron chi connectivity index (χ4n) is 2.23.